The predicted octanol–water partition coefficient (Wildman–Crippen LogP) is 5.91. The maximum Gasteiger partial charge on any atom is 0.312 e. The van der Waals surface area contributed by atoms with Crippen molar-refractivity contribution in [2.45, 2.75) is 26.9 Å². The smallest absolute Gasteiger partial charge is 0.304 e. The highest BCUT2D eigenvalue weighted by Crippen LogP contribution is 2.25. The monoisotopic (exact) mass is 532 g/mol. The van der Waals surface area contributed by atoms with E-state index in [2.05, 4.69) is 15.5 Å². The molecular weight excluding hydrogens is 515 g/mol. The molecule has 0 saturated carbocycles. The molecular formula is C23H19Cl3N6O3. The van der Waals surface area contributed by atoms with Crippen LogP contribution in [0.4, 0.5) is 11.5 Å². The third-order valence-electron chi connectivity index (χ3n) is 5.35. The molecule has 0 bridgehead atoms. The third kappa shape index (κ3) is 5.48. The quantitative estimate of drug-likeness (QED) is 0.234. The Hall–Kier alpha value is -3.40. The van der Waals surface area contributed by atoms with Gasteiger partial charge < -0.3 is 5.32 Å². The van der Waals surface area contributed by atoms with Gasteiger partial charge >= 0.3 is 5.69 Å². The Morgan fingerprint density at radius 1 is 0.971 bits per heavy atom. The third-order valence-corrected chi connectivity index (χ3v) is 6.37. The van der Waals surface area contributed by atoms with Crippen molar-refractivity contribution in [2.75, 3.05) is 5.32 Å². The number of rotatable bonds is 7. The van der Waals surface area contributed by atoms with Gasteiger partial charge in [-0.1, -0.05) is 53.0 Å². The Morgan fingerprint density at radius 2 is 1.66 bits per heavy atom. The lowest BCUT2D eigenvalue weighted by molar-refractivity contribution is -0.386. The topological polar surface area (TPSA) is 108 Å². The molecule has 0 aliphatic carbocycles. The lowest BCUT2D eigenvalue weighted by Gasteiger charge is -2.07. The maximum atomic E-state index is 12.7. The molecule has 4 rings (SSSR count). The van der Waals surface area contributed by atoms with Gasteiger partial charge in [-0.3, -0.25) is 24.3 Å². The van der Waals surface area contributed by atoms with Crippen LogP contribution in [0.15, 0.2) is 48.7 Å². The Morgan fingerprint density at radius 3 is 2.29 bits per heavy atom. The second-order valence-corrected chi connectivity index (χ2v) is 9.08. The summed E-state index contributed by atoms with van der Waals surface area (Å²) in [5.74, 6) is -0.143. The fourth-order valence-electron chi connectivity index (χ4n) is 3.61. The van der Waals surface area contributed by atoms with Crippen LogP contribution in [-0.2, 0) is 13.1 Å². The molecule has 0 unspecified atom stereocenters. The van der Waals surface area contributed by atoms with Gasteiger partial charge in [0.25, 0.3) is 5.91 Å². The standard InChI is InChI=1S/C23H19Cl3N6O3/c1-13-21(32(34)35)14(2)31(28-13)11-15-3-6-17(7-4-15)23(33)27-22-20(26)12-30(29-22)10-16-5-8-18(24)19(25)9-16/h3-9,12H,10-11H2,1-2H3,(H,27,29,33). The average Bonchev–Trinajstić information content (AvgIpc) is 3.28. The first-order valence-corrected chi connectivity index (χ1v) is 11.5. The molecule has 1 N–H and O–H groups in total. The average molecular weight is 534 g/mol. The summed E-state index contributed by atoms with van der Waals surface area (Å²) >= 11 is 18.3. The number of amides is 1. The van der Waals surface area contributed by atoms with Crippen molar-refractivity contribution in [2.24, 2.45) is 0 Å². The molecule has 2 heterocycles. The number of aryl methyl sites for hydroxylation is 1. The summed E-state index contributed by atoms with van der Waals surface area (Å²) in [6.45, 7) is 4.00. The van der Waals surface area contributed by atoms with Crippen molar-refractivity contribution >= 4 is 52.2 Å². The van der Waals surface area contributed by atoms with Crippen molar-refractivity contribution in [1.29, 1.82) is 0 Å². The molecule has 1 amide bonds. The number of hydrogen-bond donors (Lipinski definition) is 1. The van der Waals surface area contributed by atoms with E-state index in [4.69, 9.17) is 34.8 Å². The molecule has 9 nitrogen and oxygen atoms in total. The number of aromatic nitrogens is 4. The summed E-state index contributed by atoms with van der Waals surface area (Å²) in [5.41, 5.74) is 2.96. The molecule has 12 heteroatoms. The molecule has 0 spiro atoms. The summed E-state index contributed by atoms with van der Waals surface area (Å²) < 4.78 is 3.16. The van der Waals surface area contributed by atoms with Crippen LogP contribution in [0.2, 0.25) is 15.1 Å². The maximum absolute atomic E-state index is 12.7. The Balaban J connectivity index is 1.43. The number of anilines is 1. The largest absolute Gasteiger partial charge is 0.312 e. The van der Waals surface area contributed by atoms with E-state index in [-0.39, 0.29) is 17.4 Å². The molecule has 0 radical (unpaired) electrons. The molecule has 0 saturated heterocycles. The second-order valence-electron chi connectivity index (χ2n) is 7.86. The normalized spacial score (nSPS) is 11.0. The fraction of sp³-hybridized carbons (Fsp3) is 0.174. The number of benzene rings is 2. The summed E-state index contributed by atoms with van der Waals surface area (Å²) in [6, 6.07) is 12.1. The number of carbonyl (C=O) groups excluding carboxylic acids is 1. The zero-order valence-electron chi connectivity index (χ0n) is 18.6. The molecule has 2 aromatic heterocycles. The molecule has 2 aromatic carbocycles. The van der Waals surface area contributed by atoms with Gasteiger partial charge in [-0.15, -0.1) is 0 Å². The van der Waals surface area contributed by atoms with Crippen LogP contribution in [0.1, 0.15) is 32.9 Å². The van der Waals surface area contributed by atoms with E-state index < -0.39 is 4.92 Å². The number of hydrogen-bond acceptors (Lipinski definition) is 5. The van der Waals surface area contributed by atoms with Crippen molar-refractivity contribution in [3.8, 4) is 0 Å². The minimum atomic E-state index is -0.432. The summed E-state index contributed by atoms with van der Waals surface area (Å²) in [6.07, 6.45) is 1.61. The van der Waals surface area contributed by atoms with Gasteiger partial charge in [0, 0.05) is 11.8 Å². The first-order valence-electron chi connectivity index (χ1n) is 10.4. The van der Waals surface area contributed by atoms with Gasteiger partial charge in [-0.05, 0) is 49.2 Å². The Kier molecular flexibility index (Phi) is 7.11. The van der Waals surface area contributed by atoms with E-state index >= 15 is 0 Å². The highest BCUT2D eigenvalue weighted by Gasteiger charge is 2.21. The van der Waals surface area contributed by atoms with E-state index in [1.807, 2.05) is 6.07 Å². The van der Waals surface area contributed by atoms with Gasteiger partial charge in [0.1, 0.15) is 16.4 Å². The Bertz CT molecular complexity index is 1430. The molecule has 180 valence electrons. The van der Waals surface area contributed by atoms with Crippen LogP contribution in [-0.4, -0.2) is 30.4 Å². The molecule has 0 atom stereocenters. The van der Waals surface area contributed by atoms with E-state index in [0.29, 0.717) is 45.1 Å². The van der Waals surface area contributed by atoms with Crippen molar-refractivity contribution in [1.82, 2.24) is 19.6 Å². The van der Waals surface area contributed by atoms with Gasteiger partial charge in [0.15, 0.2) is 5.82 Å². The minimum absolute atomic E-state index is 0.0106. The van der Waals surface area contributed by atoms with Crippen molar-refractivity contribution < 1.29 is 9.72 Å². The zero-order chi connectivity index (χ0) is 25.3. The van der Waals surface area contributed by atoms with Crippen LogP contribution in [0.25, 0.3) is 0 Å². The van der Waals surface area contributed by atoms with Crippen LogP contribution in [0, 0.1) is 24.0 Å². The number of nitrogens with one attached hydrogen (secondary N) is 1. The number of nitro groups is 1. The number of halogens is 3. The predicted molar refractivity (Wildman–Crippen MR) is 135 cm³/mol. The van der Waals surface area contributed by atoms with Crippen LogP contribution in [0.5, 0.6) is 0 Å². The van der Waals surface area contributed by atoms with Crippen molar-refractivity contribution in [3.63, 3.8) is 0 Å². The lowest BCUT2D eigenvalue weighted by Crippen LogP contribution is -2.13. The minimum Gasteiger partial charge on any atom is -0.304 e. The fourth-order valence-corrected chi connectivity index (χ4v) is 4.13. The molecule has 35 heavy (non-hydrogen) atoms. The summed E-state index contributed by atoms with van der Waals surface area (Å²) in [5, 5.41) is 23.7. The highest BCUT2D eigenvalue weighted by atomic mass is 35.5. The van der Waals surface area contributed by atoms with Gasteiger partial charge in [-0.25, -0.2) is 0 Å². The summed E-state index contributed by atoms with van der Waals surface area (Å²) in [7, 11) is 0. The van der Waals surface area contributed by atoms with Gasteiger partial charge in [0.05, 0.1) is 28.1 Å². The van der Waals surface area contributed by atoms with Crippen LogP contribution < -0.4 is 5.32 Å². The first-order chi connectivity index (χ1) is 16.6. The highest BCUT2D eigenvalue weighted by molar-refractivity contribution is 6.42. The molecule has 0 fully saturated rings. The van der Waals surface area contributed by atoms with E-state index in [1.54, 1.807) is 65.8 Å². The SMILES string of the molecule is Cc1nn(Cc2ccc(C(=O)Nc3nn(Cc4ccc(Cl)c(Cl)c4)cc3Cl)cc2)c(C)c1[N+](=O)[O-]. The number of nitrogens with zero attached hydrogens (tertiary/aromatic N) is 5. The summed E-state index contributed by atoms with van der Waals surface area (Å²) in [4.78, 5) is 23.5. The Labute approximate surface area is 215 Å². The van der Waals surface area contributed by atoms with E-state index in [9.17, 15) is 14.9 Å². The van der Waals surface area contributed by atoms with Gasteiger partial charge in [-0.2, -0.15) is 10.2 Å². The van der Waals surface area contributed by atoms with E-state index in [0.717, 1.165) is 11.1 Å². The molecule has 0 aliphatic rings. The number of carbonyl (C=O) groups is 1. The van der Waals surface area contributed by atoms with Crippen molar-refractivity contribution in [3.05, 3.63) is 102 Å². The first kappa shape index (κ1) is 24.7. The van der Waals surface area contributed by atoms with E-state index in [1.165, 1.54) is 0 Å². The van der Waals surface area contributed by atoms with Crippen LogP contribution >= 0.6 is 34.8 Å². The second kappa shape index (κ2) is 10.1. The lowest BCUT2D eigenvalue weighted by atomic mass is 10.1. The molecule has 0 aliphatic heterocycles. The van der Waals surface area contributed by atoms with Crippen LogP contribution in [0.3, 0.4) is 0 Å². The molecule has 4 aromatic rings. The van der Waals surface area contributed by atoms with Gasteiger partial charge in [0.2, 0.25) is 0 Å². The zero-order valence-corrected chi connectivity index (χ0v) is 20.9.